The Hall–Kier alpha value is -3.22. The van der Waals surface area contributed by atoms with E-state index >= 15 is 0 Å². The van der Waals surface area contributed by atoms with Gasteiger partial charge in [-0.2, -0.15) is 5.10 Å². The third-order valence-corrected chi connectivity index (χ3v) is 6.32. The van der Waals surface area contributed by atoms with E-state index in [0.717, 1.165) is 28.3 Å². The third-order valence-electron chi connectivity index (χ3n) is 5.84. The molecule has 0 aliphatic carbocycles. The van der Waals surface area contributed by atoms with Crippen LogP contribution < -0.4 is 9.47 Å². The number of aromatic nitrogens is 2. The first-order valence-corrected chi connectivity index (χ1v) is 11.2. The molecule has 3 heterocycles. The number of halogens is 2. The number of para-hydroxylation sites is 1. The summed E-state index contributed by atoms with van der Waals surface area (Å²) in [7, 11) is 3.26. The predicted octanol–water partition coefficient (Wildman–Crippen LogP) is 6.16. The molecule has 6 nitrogen and oxygen atoms in total. The van der Waals surface area contributed by atoms with Crippen molar-refractivity contribution in [1.82, 2.24) is 14.7 Å². The van der Waals surface area contributed by atoms with E-state index in [9.17, 15) is 0 Å². The number of nitrogens with zero attached hydrogens (tertiary/aromatic N) is 4. The molecule has 2 aromatic carbocycles. The molecule has 0 N–H and O–H groups in total. The summed E-state index contributed by atoms with van der Waals surface area (Å²) in [5.74, 6) is 2.58. The summed E-state index contributed by atoms with van der Waals surface area (Å²) >= 11 is 13.1. The number of aryl methyl sites for hydroxylation is 2. The van der Waals surface area contributed by atoms with Gasteiger partial charge in [0.25, 0.3) is 0 Å². The smallest absolute Gasteiger partial charge is 0.166 e. The van der Waals surface area contributed by atoms with Crippen molar-refractivity contribution in [2.24, 2.45) is 4.99 Å². The first-order chi connectivity index (χ1) is 15.9. The van der Waals surface area contributed by atoms with Gasteiger partial charge in [-0.05, 0) is 38.1 Å². The fourth-order valence-electron chi connectivity index (χ4n) is 4.34. The third kappa shape index (κ3) is 3.50. The van der Waals surface area contributed by atoms with Gasteiger partial charge in [-0.1, -0.05) is 53.0 Å². The van der Waals surface area contributed by atoms with E-state index in [1.54, 1.807) is 20.3 Å². The lowest BCUT2D eigenvalue weighted by Crippen LogP contribution is -2.36. The molecule has 33 heavy (non-hydrogen) atoms. The highest BCUT2D eigenvalue weighted by molar-refractivity contribution is 6.45. The number of ether oxygens (including phenoxy) is 2. The molecule has 2 aliphatic rings. The minimum atomic E-state index is -0.326. The van der Waals surface area contributed by atoms with Crippen molar-refractivity contribution in [3.05, 3.63) is 87.2 Å². The molecule has 1 atom stereocenters. The minimum Gasteiger partial charge on any atom is -0.493 e. The minimum absolute atomic E-state index is 0.326. The molecule has 0 radical (unpaired) electrons. The molecular formula is C25H22Cl2N4O2. The van der Waals surface area contributed by atoms with E-state index in [4.69, 9.17) is 42.8 Å². The van der Waals surface area contributed by atoms with Crippen molar-refractivity contribution in [3.63, 3.8) is 0 Å². The number of aliphatic imine (C=N–C) groups is 1. The van der Waals surface area contributed by atoms with Gasteiger partial charge in [0.1, 0.15) is 0 Å². The molecule has 2 aliphatic heterocycles. The highest BCUT2D eigenvalue weighted by Crippen LogP contribution is 2.49. The van der Waals surface area contributed by atoms with Crippen LogP contribution in [0.25, 0.3) is 5.69 Å². The average molecular weight is 481 g/mol. The standard InChI is InChI=1S/C25H22Cl2N4O2/c1-14-8-10-17(11-9-14)31-25-21(15(2)29-31)22(18-6-5-7-20(32-3)23(18)33-4)30-13-16(26)12-19(27)24(30)28-25/h5-13,22H,1-4H3/t22-/m1/s1. The molecule has 168 valence electrons. The maximum Gasteiger partial charge on any atom is 0.166 e. The van der Waals surface area contributed by atoms with Gasteiger partial charge in [-0.3, -0.25) is 0 Å². The lowest BCUT2D eigenvalue weighted by Gasteiger charge is -2.37. The van der Waals surface area contributed by atoms with Gasteiger partial charge in [-0.15, -0.1) is 0 Å². The fraction of sp³-hybridized carbons (Fsp3) is 0.200. The Kier molecular flexibility index (Phi) is 5.43. The summed E-state index contributed by atoms with van der Waals surface area (Å²) in [5, 5.41) is 5.83. The molecule has 0 saturated heterocycles. The molecule has 1 aromatic heterocycles. The highest BCUT2D eigenvalue weighted by Gasteiger charge is 2.39. The monoisotopic (exact) mass is 480 g/mol. The number of methoxy groups -OCH3 is 2. The van der Waals surface area contributed by atoms with E-state index in [-0.39, 0.29) is 6.04 Å². The number of rotatable bonds is 4. The second-order valence-electron chi connectivity index (χ2n) is 7.90. The maximum atomic E-state index is 6.64. The first kappa shape index (κ1) is 21.6. The molecule has 0 unspecified atom stereocenters. The largest absolute Gasteiger partial charge is 0.493 e. The van der Waals surface area contributed by atoms with E-state index in [2.05, 4.69) is 19.1 Å². The number of hydrogen-bond donors (Lipinski definition) is 0. The van der Waals surface area contributed by atoms with E-state index < -0.39 is 0 Å². The van der Waals surface area contributed by atoms with Crippen molar-refractivity contribution in [1.29, 1.82) is 0 Å². The number of amidine groups is 1. The van der Waals surface area contributed by atoms with Crippen molar-refractivity contribution in [3.8, 4) is 17.2 Å². The zero-order chi connectivity index (χ0) is 23.3. The van der Waals surface area contributed by atoms with Gasteiger partial charge in [0, 0.05) is 17.3 Å². The summed E-state index contributed by atoms with van der Waals surface area (Å²) in [4.78, 5) is 6.91. The van der Waals surface area contributed by atoms with E-state index in [1.807, 2.05) is 53.0 Å². The van der Waals surface area contributed by atoms with Gasteiger partial charge in [-0.25, -0.2) is 9.67 Å². The molecule has 0 fully saturated rings. The zero-order valence-electron chi connectivity index (χ0n) is 18.6. The summed E-state index contributed by atoms with van der Waals surface area (Å²) < 4.78 is 13.2. The second-order valence-corrected chi connectivity index (χ2v) is 8.75. The Morgan fingerprint density at radius 1 is 0.970 bits per heavy atom. The summed E-state index contributed by atoms with van der Waals surface area (Å²) in [6, 6.07) is 13.7. The topological polar surface area (TPSA) is 51.9 Å². The Balaban J connectivity index is 1.81. The van der Waals surface area contributed by atoms with Gasteiger partial charge in [0.05, 0.1) is 41.7 Å². The fourth-order valence-corrected chi connectivity index (χ4v) is 4.87. The maximum absolute atomic E-state index is 6.64. The van der Waals surface area contributed by atoms with Crippen LogP contribution in [0.3, 0.4) is 0 Å². The molecule has 0 amide bonds. The van der Waals surface area contributed by atoms with Crippen LogP contribution >= 0.6 is 23.2 Å². The van der Waals surface area contributed by atoms with Crippen molar-refractivity contribution < 1.29 is 9.47 Å². The number of benzene rings is 2. The molecule has 8 heteroatoms. The van der Waals surface area contributed by atoms with Gasteiger partial charge in [0.2, 0.25) is 0 Å². The Labute approximate surface area is 202 Å². The quantitative estimate of drug-likeness (QED) is 0.448. The van der Waals surface area contributed by atoms with Crippen LogP contribution in [0.5, 0.6) is 11.5 Å². The van der Waals surface area contributed by atoms with Gasteiger partial charge < -0.3 is 14.4 Å². The Morgan fingerprint density at radius 2 is 1.73 bits per heavy atom. The number of hydrogen-bond acceptors (Lipinski definition) is 5. The second kappa shape index (κ2) is 8.28. The van der Waals surface area contributed by atoms with Crippen LogP contribution in [0.1, 0.15) is 28.4 Å². The zero-order valence-corrected chi connectivity index (χ0v) is 20.1. The van der Waals surface area contributed by atoms with Crippen LogP contribution in [-0.2, 0) is 0 Å². The predicted molar refractivity (Wildman–Crippen MR) is 131 cm³/mol. The van der Waals surface area contributed by atoms with Crippen LogP contribution in [-0.4, -0.2) is 34.7 Å². The van der Waals surface area contributed by atoms with Crippen LogP contribution in [0.2, 0.25) is 0 Å². The van der Waals surface area contributed by atoms with Crippen LogP contribution in [0, 0.1) is 13.8 Å². The SMILES string of the molecule is COc1cccc([C@@H]2c3c(C)nn(-c4ccc(C)cc4)c3N=C3C(Cl)=CC(Cl)=CN32)c1OC. The Morgan fingerprint density at radius 3 is 2.42 bits per heavy atom. The average Bonchev–Trinajstić information content (AvgIpc) is 3.14. The number of allylic oxidation sites excluding steroid dienone is 2. The van der Waals surface area contributed by atoms with Crippen LogP contribution in [0.4, 0.5) is 5.82 Å². The molecule has 0 bridgehead atoms. The summed E-state index contributed by atoms with van der Waals surface area (Å²) in [5.41, 5.74) is 4.77. The lowest BCUT2D eigenvalue weighted by molar-refractivity contribution is 0.342. The first-order valence-electron chi connectivity index (χ1n) is 10.4. The van der Waals surface area contributed by atoms with Crippen LogP contribution in [0.15, 0.2) is 69.8 Å². The Bertz CT molecular complexity index is 1340. The lowest BCUT2D eigenvalue weighted by atomic mass is 9.93. The van der Waals surface area contributed by atoms with Crippen molar-refractivity contribution in [2.75, 3.05) is 14.2 Å². The molecule has 3 aromatic rings. The molecule has 5 rings (SSSR count). The highest BCUT2D eigenvalue weighted by atomic mass is 35.5. The van der Waals surface area contributed by atoms with Crippen molar-refractivity contribution >= 4 is 34.9 Å². The van der Waals surface area contributed by atoms with Gasteiger partial charge >= 0.3 is 0 Å². The summed E-state index contributed by atoms with van der Waals surface area (Å²) in [6.45, 7) is 4.04. The van der Waals surface area contributed by atoms with Crippen molar-refractivity contribution in [2.45, 2.75) is 19.9 Å². The van der Waals surface area contributed by atoms with E-state index in [1.165, 1.54) is 5.56 Å². The summed E-state index contributed by atoms with van der Waals surface area (Å²) in [6.07, 6.45) is 3.53. The molecule has 0 saturated carbocycles. The number of fused-ring (bicyclic) bond motifs is 2. The normalized spacial score (nSPS) is 17.0. The van der Waals surface area contributed by atoms with Gasteiger partial charge in [0.15, 0.2) is 23.2 Å². The molecule has 0 spiro atoms. The van der Waals surface area contributed by atoms with E-state index in [0.29, 0.717) is 27.4 Å². The molecular weight excluding hydrogens is 459 g/mol.